The van der Waals surface area contributed by atoms with Gasteiger partial charge in [-0.2, -0.15) is 11.8 Å². The normalized spacial score (nSPS) is 24.1. The van der Waals surface area contributed by atoms with E-state index in [1.807, 2.05) is 12.4 Å². The van der Waals surface area contributed by atoms with E-state index in [1.165, 1.54) is 11.4 Å². The second-order valence-corrected chi connectivity index (χ2v) is 6.35. The highest BCUT2D eigenvalue weighted by Gasteiger charge is 2.25. The van der Waals surface area contributed by atoms with Crippen LogP contribution in [0.15, 0.2) is 18.5 Å². The van der Waals surface area contributed by atoms with E-state index >= 15 is 0 Å². The van der Waals surface area contributed by atoms with Crippen LogP contribution < -0.4 is 10.2 Å². The van der Waals surface area contributed by atoms with Gasteiger partial charge in [-0.1, -0.05) is 13.8 Å². The first kappa shape index (κ1) is 13.5. The zero-order valence-corrected chi connectivity index (χ0v) is 12.3. The lowest BCUT2D eigenvalue weighted by molar-refractivity contribution is 0.626. The van der Waals surface area contributed by atoms with E-state index in [1.54, 1.807) is 0 Å². The Hall–Kier alpha value is -0.900. The molecule has 2 heterocycles. The van der Waals surface area contributed by atoms with Crippen molar-refractivity contribution in [2.75, 3.05) is 29.1 Å². The Morgan fingerprint density at radius 1 is 1.44 bits per heavy atom. The minimum Gasteiger partial charge on any atom is -0.384 e. The average molecular weight is 265 g/mol. The number of pyridine rings is 1. The summed E-state index contributed by atoms with van der Waals surface area (Å²) in [5.41, 5.74) is 2.38. The van der Waals surface area contributed by atoms with Gasteiger partial charge in [0.05, 0.1) is 23.8 Å². The fraction of sp³-hybridized carbons (Fsp3) is 0.643. The molecule has 2 rings (SSSR count). The molecule has 1 aromatic rings. The molecule has 1 aromatic heterocycles. The summed E-state index contributed by atoms with van der Waals surface area (Å²) in [6, 6.07) is 2.80. The van der Waals surface area contributed by atoms with Crippen LogP contribution >= 0.6 is 11.8 Å². The van der Waals surface area contributed by atoms with Crippen molar-refractivity contribution in [1.29, 1.82) is 0 Å². The summed E-state index contributed by atoms with van der Waals surface area (Å²) in [6.07, 6.45) is 5.03. The van der Waals surface area contributed by atoms with Crippen molar-refractivity contribution < 1.29 is 0 Å². The lowest BCUT2D eigenvalue weighted by atomic mass is 10.2. The van der Waals surface area contributed by atoms with Crippen molar-refractivity contribution in [1.82, 2.24) is 4.98 Å². The quantitative estimate of drug-likeness (QED) is 0.904. The lowest BCUT2D eigenvalue weighted by Gasteiger charge is -2.39. The van der Waals surface area contributed by atoms with E-state index in [-0.39, 0.29) is 0 Å². The van der Waals surface area contributed by atoms with Gasteiger partial charge >= 0.3 is 0 Å². The van der Waals surface area contributed by atoms with E-state index in [9.17, 15) is 0 Å². The topological polar surface area (TPSA) is 28.2 Å². The Morgan fingerprint density at radius 2 is 2.28 bits per heavy atom. The number of rotatable bonds is 4. The summed E-state index contributed by atoms with van der Waals surface area (Å²) in [6.45, 7) is 8.93. The van der Waals surface area contributed by atoms with Crippen LogP contribution in [0, 0.1) is 0 Å². The van der Waals surface area contributed by atoms with Gasteiger partial charge in [0, 0.05) is 30.1 Å². The number of nitrogens with zero attached hydrogens (tertiary/aromatic N) is 2. The minimum atomic E-state index is 0.576. The summed E-state index contributed by atoms with van der Waals surface area (Å²) < 4.78 is 0. The maximum absolute atomic E-state index is 4.36. The molecule has 1 fully saturated rings. The van der Waals surface area contributed by atoms with Crippen LogP contribution in [0.2, 0.25) is 0 Å². The standard InChI is InChI=1S/C14H23N3S/c1-4-5-16-13-8-14(10-15-9-13)17-6-7-18-12(3)11(17)2/h8-12,16H,4-7H2,1-3H3. The van der Waals surface area contributed by atoms with Crippen LogP contribution in [0.5, 0.6) is 0 Å². The Bertz CT molecular complexity index is 383. The summed E-state index contributed by atoms with van der Waals surface area (Å²) in [4.78, 5) is 6.84. The van der Waals surface area contributed by atoms with Crippen molar-refractivity contribution in [3.63, 3.8) is 0 Å². The molecule has 0 saturated carbocycles. The number of hydrogen-bond acceptors (Lipinski definition) is 4. The van der Waals surface area contributed by atoms with Gasteiger partial charge < -0.3 is 10.2 Å². The second-order valence-electron chi connectivity index (χ2n) is 4.87. The Balaban J connectivity index is 2.11. The summed E-state index contributed by atoms with van der Waals surface area (Å²) in [5.74, 6) is 1.21. The molecular weight excluding hydrogens is 242 g/mol. The zero-order chi connectivity index (χ0) is 13.0. The van der Waals surface area contributed by atoms with Gasteiger partial charge in [-0.25, -0.2) is 0 Å². The van der Waals surface area contributed by atoms with Crippen molar-refractivity contribution in [2.24, 2.45) is 0 Å². The largest absolute Gasteiger partial charge is 0.384 e. The summed E-state index contributed by atoms with van der Waals surface area (Å²) >= 11 is 2.06. The van der Waals surface area contributed by atoms with Gasteiger partial charge in [0.15, 0.2) is 0 Å². The average Bonchev–Trinajstić information content (AvgIpc) is 2.40. The monoisotopic (exact) mass is 265 g/mol. The van der Waals surface area contributed by atoms with Crippen molar-refractivity contribution >= 4 is 23.1 Å². The predicted molar refractivity (Wildman–Crippen MR) is 81.7 cm³/mol. The van der Waals surface area contributed by atoms with Crippen LogP contribution in [-0.4, -0.2) is 35.1 Å². The van der Waals surface area contributed by atoms with E-state index in [2.05, 4.69) is 53.8 Å². The maximum atomic E-state index is 4.36. The fourth-order valence-electron chi connectivity index (χ4n) is 2.25. The van der Waals surface area contributed by atoms with Crippen LogP contribution in [0.4, 0.5) is 11.4 Å². The molecule has 2 atom stereocenters. The smallest absolute Gasteiger partial charge is 0.0576 e. The molecule has 18 heavy (non-hydrogen) atoms. The van der Waals surface area contributed by atoms with Gasteiger partial charge in [-0.05, 0) is 19.4 Å². The van der Waals surface area contributed by atoms with Gasteiger partial charge in [0.1, 0.15) is 0 Å². The first-order valence-electron chi connectivity index (χ1n) is 6.79. The molecule has 0 bridgehead atoms. The maximum Gasteiger partial charge on any atom is 0.0576 e. The lowest BCUT2D eigenvalue weighted by Crippen LogP contribution is -2.44. The predicted octanol–water partition coefficient (Wildman–Crippen LogP) is 3.23. The second kappa shape index (κ2) is 6.32. The molecule has 4 heteroatoms. The van der Waals surface area contributed by atoms with Gasteiger partial charge in [-0.15, -0.1) is 0 Å². The number of hydrogen-bond donors (Lipinski definition) is 1. The van der Waals surface area contributed by atoms with Crippen molar-refractivity contribution in [2.45, 2.75) is 38.5 Å². The van der Waals surface area contributed by atoms with Crippen LogP contribution in [0.1, 0.15) is 27.2 Å². The minimum absolute atomic E-state index is 0.576. The molecule has 0 spiro atoms. The molecule has 0 radical (unpaired) electrons. The molecule has 1 aliphatic rings. The summed E-state index contributed by atoms with van der Waals surface area (Å²) in [7, 11) is 0. The van der Waals surface area contributed by atoms with Crippen LogP contribution in [-0.2, 0) is 0 Å². The molecule has 3 nitrogen and oxygen atoms in total. The molecule has 0 amide bonds. The first-order chi connectivity index (χ1) is 8.72. The first-order valence-corrected chi connectivity index (χ1v) is 7.84. The molecule has 100 valence electrons. The van der Waals surface area contributed by atoms with Gasteiger partial charge in [0.25, 0.3) is 0 Å². The number of aromatic nitrogens is 1. The number of nitrogens with one attached hydrogen (secondary N) is 1. The van der Waals surface area contributed by atoms with E-state index in [0.29, 0.717) is 11.3 Å². The summed E-state index contributed by atoms with van der Waals surface area (Å²) in [5, 5.41) is 4.09. The molecule has 2 unspecified atom stereocenters. The highest BCUT2D eigenvalue weighted by atomic mass is 32.2. The van der Waals surface area contributed by atoms with E-state index in [4.69, 9.17) is 0 Å². The van der Waals surface area contributed by atoms with Gasteiger partial charge in [0.2, 0.25) is 0 Å². The number of anilines is 2. The third kappa shape index (κ3) is 3.10. The van der Waals surface area contributed by atoms with Crippen molar-refractivity contribution in [3.8, 4) is 0 Å². The Labute approximate surface area is 114 Å². The Morgan fingerprint density at radius 3 is 3.06 bits per heavy atom. The molecular formula is C14H23N3S. The third-order valence-electron chi connectivity index (χ3n) is 3.52. The van der Waals surface area contributed by atoms with E-state index < -0.39 is 0 Å². The highest BCUT2D eigenvalue weighted by Crippen LogP contribution is 2.29. The van der Waals surface area contributed by atoms with Crippen LogP contribution in [0.3, 0.4) is 0 Å². The molecule has 1 saturated heterocycles. The molecule has 0 aromatic carbocycles. The van der Waals surface area contributed by atoms with Crippen molar-refractivity contribution in [3.05, 3.63) is 18.5 Å². The fourth-order valence-corrected chi connectivity index (χ4v) is 3.35. The highest BCUT2D eigenvalue weighted by molar-refractivity contribution is 8.00. The van der Waals surface area contributed by atoms with Gasteiger partial charge in [-0.3, -0.25) is 4.98 Å². The molecule has 1 aliphatic heterocycles. The zero-order valence-electron chi connectivity index (χ0n) is 11.5. The third-order valence-corrected chi connectivity index (χ3v) is 4.86. The molecule has 1 N–H and O–H groups in total. The van der Waals surface area contributed by atoms with Crippen LogP contribution in [0.25, 0.3) is 0 Å². The Kier molecular flexibility index (Phi) is 4.75. The number of thioether (sulfide) groups is 1. The molecule has 0 aliphatic carbocycles. The SMILES string of the molecule is CCCNc1cncc(N2CCSC(C)C2C)c1. The van der Waals surface area contributed by atoms with E-state index in [0.717, 1.165) is 25.2 Å².